The Balaban J connectivity index is 0.00000121. The number of aliphatic hydroxyl groups excluding tert-OH is 1. The van der Waals surface area contributed by atoms with E-state index in [9.17, 15) is 4.79 Å². The number of hydrogen-bond acceptors (Lipinski definition) is 5. The number of carbonyl (C=O) groups is 1. The molecular formula is C10H18IN3O2S. The number of ketones is 1. The topological polar surface area (TPSA) is 58.4 Å². The van der Waals surface area contributed by atoms with Gasteiger partial charge in [0, 0.05) is 42.7 Å². The highest BCUT2D eigenvalue weighted by atomic mass is 127. The Morgan fingerprint density at radius 1 is 1.65 bits per heavy atom. The molecule has 1 rings (SSSR count). The molecule has 5 nitrogen and oxygen atoms in total. The molecule has 1 aromatic heterocycles. The fraction of sp³-hybridized carbons (Fsp3) is 0.600. The lowest BCUT2D eigenvalue weighted by Gasteiger charge is -2.09. The predicted molar refractivity (Wildman–Crippen MR) is 79.2 cm³/mol. The normalized spacial score (nSPS) is 10.0. The molecule has 0 saturated carbocycles. The van der Waals surface area contributed by atoms with E-state index in [-0.39, 0.29) is 12.4 Å². The minimum absolute atomic E-state index is 0.0488. The van der Waals surface area contributed by atoms with Crippen LogP contribution >= 0.6 is 34.8 Å². The molecule has 0 fully saturated rings. The van der Waals surface area contributed by atoms with Crippen LogP contribution < -0.4 is 0 Å². The van der Waals surface area contributed by atoms with Crippen molar-refractivity contribution in [1.82, 2.24) is 12.3 Å². The summed E-state index contributed by atoms with van der Waals surface area (Å²) in [5.74, 6) is 0.418. The third kappa shape index (κ3) is 7.02. The molecule has 0 radical (unpaired) electrons. The zero-order valence-electron chi connectivity index (χ0n) is 10.3. The van der Waals surface area contributed by atoms with Gasteiger partial charge in [-0.05, 0) is 0 Å². The molecule has 1 aromatic rings. The first-order chi connectivity index (χ1) is 8.13. The summed E-state index contributed by atoms with van der Waals surface area (Å²) in [6.45, 7) is 4.64. The Kier molecular flexibility index (Phi) is 9.79. The SMILES string of the molecule is CC.Cn1cc(C(=O)CSN(I)CCO)cn1. The Morgan fingerprint density at radius 3 is 2.76 bits per heavy atom. The Bertz CT molecular complexity index is 333. The number of halogens is 1. The quantitative estimate of drug-likeness (QED) is 0.358. The van der Waals surface area contributed by atoms with E-state index in [4.69, 9.17) is 5.11 Å². The molecule has 0 aliphatic heterocycles. The second-order valence-corrected chi connectivity index (χ2v) is 5.67. The molecule has 0 aliphatic rings. The molecule has 17 heavy (non-hydrogen) atoms. The van der Waals surface area contributed by atoms with Crippen molar-refractivity contribution in [3.05, 3.63) is 18.0 Å². The van der Waals surface area contributed by atoms with E-state index in [2.05, 4.69) is 28.0 Å². The van der Waals surface area contributed by atoms with Crippen molar-refractivity contribution in [2.75, 3.05) is 18.9 Å². The standard InChI is InChI=1S/C8H12IN3O2S.C2H6/c1-11-5-7(4-10-11)8(14)6-15-12(9)2-3-13;1-2/h4-5,13H,2-3,6H2,1H3;1-2H3. The van der Waals surface area contributed by atoms with Crippen molar-refractivity contribution in [2.45, 2.75) is 13.8 Å². The van der Waals surface area contributed by atoms with Crippen LogP contribution in [0.25, 0.3) is 0 Å². The zero-order chi connectivity index (χ0) is 13.3. The van der Waals surface area contributed by atoms with E-state index in [1.807, 2.05) is 16.4 Å². The summed E-state index contributed by atoms with van der Waals surface area (Å²) in [7, 11) is 1.78. The minimum atomic E-state index is 0.0488. The van der Waals surface area contributed by atoms with Gasteiger partial charge in [-0.25, -0.2) is 0 Å². The number of nitrogens with zero attached hydrogens (tertiary/aromatic N) is 3. The summed E-state index contributed by atoms with van der Waals surface area (Å²) in [4.78, 5) is 11.6. The maximum Gasteiger partial charge on any atom is 0.177 e. The molecular weight excluding hydrogens is 353 g/mol. The summed E-state index contributed by atoms with van der Waals surface area (Å²) >= 11 is 3.45. The summed E-state index contributed by atoms with van der Waals surface area (Å²) in [6, 6.07) is 0. The molecule has 1 N–H and O–H groups in total. The van der Waals surface area contributed by atoms with Gasteiger partial charge in [0.25, 0.3) is 0 Å². The predicted octanol–water partition coefficient (Wildman–Crippen LogP) is 1.92. The van der Waals surface area contributed by atoms with Crippen molar-refractivity contribution in [3.63, 3.8) is 0 Å². The van der Waals surface area contributed by atoms with Crippen LogP contribution in [-0.2, 0) is 7.05 Å². The average Bonchev–Trinajstić information content (AvgIpc) is 2.76. The summed E-state index contributed by atoms with van der Waals surface area (Å²) in [5, 5.41) is 12.6. The van der Waals surface area contributed by atoms with Gasteiger partial charge in [0.2, 0.25) is 0 Å². The number of aliphatic hydroxyl groups is 1. The summed E-state index contributed by atoms with van der Waals surface area (Å²) in [6.07, 6.45) is 3.26. The Hall–Kier alpha value is -0.120. The minimum Gasteiger partial charge on any atom is -0.395 e. The zero-order valence-corrected chi connectivity index (χ0v) is 13.2. The van der Waals surface area contributed by atoms with Crippen LogP contribution in [0.2, 0.25) is 0 Å². The van der Waals surface area contributed by atoms with Gasteiger partial charge in [0.15, 0.2) is 5.78 Å². The van der Waals surface area contributed by atoms with Gasteiger partial charge in [-0.2, -0.15) is 7.62 Å². The highest BCUT2D eigenvalue weighted by Gasteiger charge is 2.10. The molecule has 0 aromatic carbocycles. The van der Waals surface area contributed by atoms with Crippen molar-refractivity contribution in [3.8, 4) is 0 Å². The van der Waals surface area contributed by atoms with Crippen LogP contribution in [0.3, 0.4) is 0 Å². The van der Waals surface area contributed by atoms with Gasteiger partial charge < -0.3 is 5.11 Å². The monoisotopic (exact) mass is 371 g/mol. The van der Waals surface area contributed by atoms with Gasteiger partial charge in [0.05, 0.1) is 24.1 Å². The second-order valence-electron chi connectivity index (χ2n) is 2.86. The number of aryl methyl sites for hydroxylation is 1. The number of Topliss-reactive ketones (excluding diaryl/α,β-unsaturated/α-hetero) is 1. The maximum absolute atomic E-state index is 11.6. The second kappa shape index (κ2) is 9.86. The van der Waals surface area contributed by atoms with Gasteiger partial charge in [0.1, 0.15) is 0 Å². The van der Waals surface area contributed by atoms with Crippen LogP contribution in [-0.4, -0.2) is 42.1 Å². The van der Waals surface area contributed by atoms with E-state index < -0.39 is 0 Å². The van der Waals surface area contributed by atoms with E-state index >= 15 is 0 Å². The van der Waals surface area contributed by atoms with Crippen molar-refractivity contribution in [2.24, 2.45) is 7.05 Å². The van der Waals surface area contributed by atoms with Gasteiger partial charge >= 0.3 is 0 Å². The highest BCUT2D eigenvalue weighted by Crippen LogP contribution is 2.16. The highest BCUT2D eigenvalue weighted by molar-refractivity contribution is 14.1. The van der Waals surface area contributed by atoms with Crippen LogP contribution in [0.15, 0.2) is 12.4 Å². The van der Waals surface area contributed by atoms with Gasteiger partial charge in [-0.15, -0.1) is 0 Å². The van der Waals surface area contributed by atoms with E-state index in [1.54, 1.807) is 24.1 Å². The number of aromatic nitrogens is 2. The Labute approximate surface area is 120 Å². The van der Waals surface area contributed by atoms with Crippen molar-refractivity contribution in [1.29, 1.82) is 0 Å². The molecule has 0 bridgehead atoms. The van der Waals surface area contributed by atoms with Crippen LogP contribution in [0, 0.1) is 0 Å². The molecule has 0 amide bonds. The van der Waals surface area contributed by atoms with E-state index in [1.165, 1.54) is 11.9 Å². The van der Waals surface area contributed by atoms with Crippen molar-refractivity contribution < 1.29 is 9.90 Å². The number of rotatable bonds is 6. The van der Waals surface area contributed by atoms with E-state index in [0.29, 0.717) is 17.9 Å². The molecule has 0 aliphatic carbocycles. The van der Waals surface area contributed by atoms with E-state index in [0.717, 1.165) is 0 Å². The average molecular weight is 371 g/mol. The fourth-order valence-corrected chi connectivity index (χ4v) is 2.19. The van der Waals surface area contributed by atoms with Crippen molar-refractivity contribution >= 4 is 40.6 Å². The molecule has 98 valence electrons. The lowest BCUT2D eigenvalue weighted by atomic mass is 10.3. The molecule has 0 unspecified atom stereocenters. The first-order valence-corrected chi connectivity index (χ1v) is 7.23. The maximum atomic E-state index is 11.6. The third-order valence-electron chi connectivity index (χ3n) is 1.64. The molecule has 1 heterocycles. The fourth-order valence-electron chi connectivity index (χ4n) is 0.920. The largest absolute Gasteiger partial charge is 0.395 e. The van der Waals surface area contributed by atoms with Crippen LogP contribution in [0.5, 0.6) is 0 Å². The van der Waals surface area contributed by atoms with Crippen LogP contribution in [0.1, 0.15) is 24.2 Å². The summed E-state index contributed by atoms with van der Waals surface area (Å²) < 4.78 is 3.42. The molecule has 7 heteroatoms. The Morgan fingerprint density at radius 2 is 2.29 bits per heavy atom. The molecule has 0 saturated heterocycles. The third-order valence-corrected chi connectivity index (χ3v) is 3.81. The first-order valence-electron chi connectivity index (χ1n) is 5.32. The lowest BCUT2D eigenvalue weighted by Crippen LogP contribution is -2.11. The molecule has 0 atom stereocenters. The number of hydrogen-bond donors (Lipinski definition) is 1. The van der Waals surface area contributed by atoms with Crippen LogP contribution in [0.4, 0.5) is 0 Å². The number of carbonyl (C=O) groups excluding carboxylic acids is 1. The first kappa shape index (κ1) is 16.9. The van der Waals surface area contributed by atoms with Gasteiger partial charge in [-0.3, -0.25) is 9.48 Å². The smallest absolute Gasteiger partial charge is 0.177 e. The summed E-state index contributed by atoms with van der Waals surface area (Å²) in [5.41, 5.74) is 0.624. The van der Waals surface area contributed by atoms with Gasteiger partial charge in [-0.1, -0.05) is 25.8 Å². The lowest BCUT2D eigenvalue weighted by molar-refractivity contribution is 0.102. The molecule has 0 spiro atoms.